The molecule has 35 heavy (non-hydrogen) atoms. The summed E-state index contributed by atoms with van der Waals surface area (Å²) >= 11 is 5.37. The van der Waals surface area contributed by atoms with Crippen LogP contribution in [0, 0.1) is 17.5 Å². The van der Waals surface area contributed by atoms with Crippen molar-refractivity contribution >= 4 is 42.0 Å². The van der Waals surface area contributed by atoms with Crippen molar-refractivity contribution in [2.24, 2.45) is 10.8 Å². The average Bonchev–Trinajstić information content (AvgIpc) is 3.08. The van der Waals surface area contributed by atoms with Crippen molar-refractivity contribution in [3.8, 4) is 0 Å². The summed E-state index contributed by atoms with van der Waals surface area (Å²) in [4.78, 5) is 8.75. The van der Waals surface area contributed by atoms with Crippen LogP contribution in [0.2, 0.25) is 5.02 Å². The van der Waals surface area contributed by atoms with Crippen LogP contribution in [-0.4, -0.2) is 16.1 Å². The molecule has 0 saturated carbocycles. The van der Waals surface area contributed by atoms with Gasteiger partial charge < -0.3 is 9.80 Å². The number of para-hydroxylation sites is 2. The molecule has 202 valence electrons. The Morgan fingerprint density at radius 3 is 1.40 bits per heavy atom. The van der Waals surface area contributed by atoms with Crippen molar-refractivity contribution in [1.29, 1.82) is 0 Å². The van der Waals surface area contributed by atoms with Crippen LogP contribution in [0.3, 0.4) is 0 Å². The topological polar surface area (TPSA) is 19.4 Å². The molecule has 0 fully saturated rings. The van der Waals surface area contributed by atoms with Gasteiger partial charge in [-0.1, -0.05) is 65.3 Å². The molecule has 0 bridgehead atoms. The standard InChI is InChI=1S/C23H39N2.C5H4ClN.2ClH.Pd/c1-20(2,3)15-22(7,8)24-17-25(19-14-12-11-13-18(19)24)23(9,10)16-21(4,5)6;6-5-2-1-3-7-4-5;;;/h11-14,17H,15-16H2,1-10H3;1-4H;2*1H;/q-1;;;;+2/p-2. The van der Waals surface area contributed by atoms with E-state index in [4.69, 9.17) is 30.7 Å². The van der Waals surface area contributed by atoms with E-state index in [0.717, 1.165) is 12.8 Å². The molecular formula is C28H43Cl3N3Pd-. The van der Waals surface area contributed by atoms with E-state index in [1.54, 1.807) is 24.5 Å². The Morgan fingerprint density at radius 2 is 1.14 bits per heavy atom. The quantitative estimate of drug-likeness (QED) is 0.247. The number of pyridine rings is 1. The van der Waals surface area contributed by atoms with Crippen LogP contribution in [-0.2, 0) is 15.9 Å². The van der Waals surface area contributed by atoms with Crippen LogP contribution >= 0.6 is 30.7 Å². The Kier molecular flexibility index (Phi) is 12.4. The fraction of sp³-hybridized carbons (Fsp3) is 0.571. The summed E-state index contributed by atoms with van der Waals surface area (Å²) in [5.74, 6) is 0. The van der Waals surface area contributed by atoms with Gasteiger partial charge in [-0.15, -0.1) is 0 Å². The molecular weight excluding hydrogens is 591 g/mol. The Labute approximate surface area is 236 Å². The number of benzene rings is 1. The van der Waals surface area contributed by atoms with E-state index in [2.05, 4.69) is 115 Å². The second-order valence-corrected chi connectivity index (χ2v) is 15.5. The first kappa shape index (κ1) is 32.5. The molecule has 1 aromatic carbocycles. The summed E-state index contributed by atoms with van der Waals surface area (Å²) in [6, 6.07) is 12.4. The summed E-state index contributed by atoms with van der Waals surface area (Å²) in [6.07, 6.45) is 5.56. The molecule has 0 unspecified atom stereocenters. The monoisotopic (exact) mass is 632 g/mol. The third-order valence-electron chi connectivity index (χ3n) is 5.49. The Morgan fingerprint density at radius 1 is 0.743 bits per heavy atom. The first-order chi connectivity index (χ1) is 15.9. The van der Waals surface area contributed by atoms with E-state index in [1.165, 1.54) is 11.4 Å². The zero-order valence-electron chi connectivity index (χ0n) is 22.9. The maximum absolute atomic E-state index is 5.48. The number of nitrogens with zero attached hydrogens (tertiary/aromatic N) is 3. The number of halogens is 3. The van der Waals surface area contributed by atoms with Crippen LogP contribution in [0.25, 0.3) is 0 Å². The van der Waals surface area contributed by atoms with E-state index in [-0.39, 0.29) is 27.0 Å². The van der Waals surface area contributed by atoms with Crippen LogP contribution in [0.5, 0.6) is 0 Å². The van der Waals surface area contributed by atoms with Gasteiger partial charge in [-0.25, -0.2) is 0 Å². The first-order valence-corrected chi connectivity index (χ1v) is 16.2. The van der Waals surface area contributed by atoms with Crippen LogP contribution < -0.4 is 9.80 Å². The molecule has 1 aromatic heterocycles. The van der Waals surface area contributed by atoms with Crippen molar-refractivity contribution in [1.82, 2.24) is 4.98 Å². The Balaban J connectivity index is 0.000000510. The molecule has 0 aliphatic carbocycles. The molecule has 3 rings (SSSR count). The van der Waals surface area contributed by atoms with E-state index in [1.807, 2.05) is 0 Å². The molecule has 0 spiro atoms. The van der Waals surface area contributed by atoms with E-state index < -0.39 is 0 Å². The van der Waals surface area contributed by atoms with Crippen molar-refractivity contribution in [3.05, 3.63) is 60.5 Å². The molecule has 7 heteroatoms. The van der Waals surface area contributed by atoms with Crippen molar-refractivity contribution < 1.29 is 15.9 Å². The van der Waals surface area contributed by atoms with Crippen molar-refractivity contribution in [2.45, 2.75) is 93.2 Å². The van der Waals surface area contributed by atoms with Gasteiger partial charge in [0.25, 0.3) is 0 Å². The summed E-state index contributed by atoms with van der Waals surface area (Å²) in [6.45, 7) is 25.8. The number of rotatable bonds is 4. The normalized spacial score (nSPS) is 14.1. The average molecular weight is 634 g/mol. The molecule has 1 aliphatic heterocycles. The predicted molar refractivity (Wildman–Crippen MR) is 153 cm³/mol. The fourth-order valence-corrected chi connectivity index (χ4v) is 5.31. The van der Waals surface area contributed by atoms with E-state index >= 15 is 0 Å². The predicted octanol–water partition coefficient (Wildman–Crippen LogP) is 9.97. The van der Waals surface area contributed by atoms with E-state index in [0.29, 0.717) is 15.9 Å². The van der Waals surface area contributed by atoms with Crippen LogP contribution in [0.1, 0.15) is 82.1 Å². The van der Waals surface area contributed by atoms with Gasteiger partial charge in [0.2, 0.25) is 0 Å². The molecule has 0 atom stereocenters. The number of hydrogen-bond acceptors (Lipinski definition) is 3. The summed E-state index contributed by atoms with van der Waals surface area (Å²) in [5.41, 5.74) is 3.39. The van der Waals surface area contributed by atoms with Crippen molar-refractivity contribution in [2.75, 3.05) is 9.80 Å². The van der Waals surface area contributed by atoms with Gasteiger partial charge >= 0.3 is 35.0 Å². The summed E-state index contributed by atoms with van der Waals surface area (Å²) < 4.78 is 0. The molecule has 0 amide bonds. The van der Waals surface area contributed by atoms with Gasteiger partial charge in [-0.2, -0.15) is 6.67 Å². The fourth-order valence-electron chi connectivity index (χ4n) is 5.18. The molecule has 0 radical (unpaired) electrons. The molecule has 3 nitrogen and oxygen atoms in total. The third-order valence-corrected chi connectivity index (χ3v) is 5.71. The number of anilines is 2. The zero-order chi connectivity index (χ0) is 27.1. The number of fused-ring (bicyclic) bond motifs is 1. The van der Waals surface area contributed by atoms with Gasteiger partial charge in [0.05, 0.1) is 5.02 Å². The van der Waals surface area contributed by atoms with Gasteiger partial charge in [-0.3, -0.25) is 4.98 Å². The number of hydrogen-bond donors (Lipinski definition) is 0. The molecule has 0 N–H and O–H groups in total. The second kappa shape index (κ2) is 13.3. The van der Waals surface area contributed by atoms with Gasteiger partial charge in [0.1, 0.15) is 0 Å². The van der Waals surface area contributed by atoms with Gasteiger partial charge in [0, 0.05) is 34.8 Å². The van der Waals surface area contributed by atoms with Crippen LogP contribution in [0.15, 0.2) is 48.8 Å². The second-order valence-electron chi connectivity index (χ2n) is 12.7. The minimum atomic E-state index is -0.106. The molecule has 2 heterocycles. The van der Waals surface area contributed by atoms with Crippen LogP contribution in [0.4, 0.5) is 11.4 Å². The molecule has 2 aromatic rings. The van der Waals surface area contributed by atoms with Gasteiger partial charge in [-0.05, 0) is 75.6 Å². The Hall–Kier alpha value is -0.498. The Bertz CT molecular complexity index is 837. The summed E-state index contributed by atoms with van der Waals surface area (Å²) in [5, 5.41) is 0.683. The van der Waals surface area contributed by atoms with E-state index in [9.17, 15) is 0 Å². The maximum atomic E-state index is 5.48. The number of aromatic nitrogens is 1. The minimum absolute atomic E-state index is 0.0704. The molecule has 0 saturated heterocycles. The van der Waals surface area contributed by atoms with Crippen molar-refractivity contribution in [3.63, 3.8) is 0 Å². The first-order valence-electron chi connectivity index (χ1n) is 11.8. The summed E-state index contributed by atoms with van der Waals surface area (Å²) in [7, 11) is 9.63. The molecule has 1 aliphatic rings. The third kappa shape index (κ3) is 11.2. The zero-order valence-corrected chi connectivity index (χ0v) is 26.7. The van der Waals surface area contributed by atoms with Gasteiger partial charge in [0.15, 0.2) is 0 Å². The SMILES string of the molecule is CC(C)(C)CC(C)(C)N1[CH-]N(C(C)(C)CC(C)(C)C)c2ccccc21.Clc1cccnc1.[Cl][Pd][Cl].